The van der Waals surface area contributed by atoms with Crippen molar-refractivity contribution in [3.8, 4) is 0 Å². The van der Waals surface area contributed by atoms with E-state index in [0.717, 1.165) is 46.3 Å². The van der Waals surface area contributed by atoms with Gasteiger partial charge in [-0.1, -0.05) is 55.1 Å². The Morgan fingerprint density at radius 1 is 0.828 bits per heavy atom. The number of H-pyrrole nitrogens is 2. The second-order valence-electron chi connectivity index (χ2n) is 16.3. The molecule has 2 heterocycles. The van der Waals surface area contributed by atoms with Crippen molar-refractivity contribution >= 4 is 52.0 Å². The first kappa shape index (κ1) is 48.1. The summed E-state index contributed by atoms with van der Waals surface area (Å²) < 4.78 is 0. The number of aromatic amines is 2. The van der Waals surface area contributed by atoms with E-state index in [9.17, 15) is 29.1 Å². The molecule has 342 valence electrons. The topological polar surface area (TPSA) is 239 Å². The van der Waals surface area contributed by atoms with E-state index in [1.165, 1.54) is 20.3 Å². The number of benzene rings is 2. The molecule has 1 aliphatic carbocycles. The average Bonchev–Trinajstić information content (AvgIpc) is 4.05. The molecule has 0 saturated carbocycles. The molecule has 17 nitrogen and oxygen atoms in total. The maximum Gasteiger partial charge on any atom is 0.242 e. The van der Waals surface area contributed by atoms with Gasteiger partial charge in [0.15, 0.2) is 5.96 Å². The van der Waals surface area contributed by atoms with Crippen LogP contribution in [0.4, 0.5) is 0 Å². The molecule has 0 radical (unpaired) electrons. The molecule has 64 heavy (non-hydrogen) atoms. The van der Waals surface area contributed by atoms with Gasteiger partial charge in [-0.3, -0.25) is 29.0 Å². The molecule has 0 fully saturated rings. The lowest BCUT2D eigenvalue weighted by Crippen LogP contribution is -2.50. The van der Waals surface area contributed by atoms with Crippen LogP contribution in [-0.4, -0.2) is 140 Å². The molecule has 1 aliphatic rings. The van der Waals surface area contributed by atoms with Crippen molar-refractivity contribution in [3.63, 3.8) is 0 Å². The number of para-hydroxylation sites is 1. The molecular formula is C47H63N11O6. The van der Waals surface area contributed by atoms with Crippen LogP contribution < -0.4 is 16.8 Å². The number of carbonyl (C=O) groups is 5. The summed E-state index contributed by atoms with van der Waals surface area (Å²) in [4.78, 5) is 89.3. The van der Waals surface area contributed by atoms with Gasteiger partial charge in [-0.05, 0) is 80.7 Å². The molecule has 2 aromatic heterocycles. The summed E-state index contributed by atoms with van der Waals surface area (Å²) in [5.74, 6) is -1.57. The summed E-state index contributed by atoms with van der Waals surface area (Å²) >= 11 is 0. The van der Waals surface area contributed by atoms with Gasteiger partial charge in [-0.25, -0.2) is 4.98 Å². The molecule has 4 aromatic rings. The number of carbonyl (C=O) groups excluding carboxylic acids is 5. The first-order valence-electron chi connectivity index (χ1n) is 21.9. The monoisotopic (exact) mass is 877 g/mol. The molecule has 0 unspecified atom stereocenters. The number of nitrogens with zero attached hydrogens (tertiary/aromatic N) is 6. The highest BCUT2D eigenvalue weighted by atomic mass is 16.3. The maximum absolute atomic E-state index is 14.1. The predicted octanol–water partition coefficient (Wildman–Crippen LogP) is 3.45. The molecule has 5 rings (SSSR count). The summed E-state index contributed by atoms with van der Waals surface area (Å²) in [6, 6.07) is 15.6. The molecule has 0 aliphatic heterocycles. The van der Waals surface area contributed by atoms with Crippen LogP contribution in [-0.2, 0) is 43.2 Å². The van der Waals surface area contributed by atoms with E-state index in [4.69, 9.17) is 11.5 Å². The predicted molar refractivity (Wildman–Crippen MR) is 248 cm³/mol. The number of imidazole rings is 1. The third-order valence-corrected chi connectivity index (χ3v) is 11.2. The van der Waals surface area contributed by atoms with Gasteiger partial charge in [0.1, 0.15) is 11.6 Å². The molecule has 8 N–H and O–H groups in total. The van der Waals surface area contributed by atoms with Crippen molar-refractivity contribution in [2.75, 3.05) is 58.9 Å². The highest BCUT2D eigenvalue weighted by Crippen LogP contribution is 2.29. The van der Waals surface area contributed by atoms with Crippen LogP contribution in [0.25, 0.3) is 16.5 Å². The van der Waals surface area contributed by atoms with E-state index in [1.54, 1.807) is 31.1 Å². The number of guanidine groups is 1. The van der Waals surface area contributed by atoms with Gasteiger partial charge >= 0.3 is 0 Å². The lowest BCUT2D eigenvalue weighted by molar-refractivity contribution is -0.143. The zero-order valence-electron chi connectivity index (χ0n) is 37.1. The fraction of sp³-hybridized carbons (Fsp3) is 0.426. The van der Waals surface area contributed by atoms with Crippen molar-refractivity contribution in [2.45, 2.75) is 71.3 Å². The second-order valence-corrected chi connectivity index (χ2v) is 16.3. The Hall–Kier alpha value is -6.91. The minimum absolute atomic E-state index is 0.0846. The highest BCUT2D eigenvalue weighted by molar-refractivity contribution is 5.91. The van der Waals surface area contributed by atoms with Crippen LogP contribution in [0.3, 0.4) is 0 Å². The molecule has 2 aromatic carbocycles. The molecule has 5 amide bonds. The zero-order valence-corrected chi connectivity index (χ0v) is 37.1. The minimum Gasteiger partial charge on any atom is -0.511 e. The SMILES string of the molecule is C=C(O)CN(C(=O)CN(CCC1=CCc2ccccc21)C(=O)CNC(=O)CN(CCCN=C(N)N)C(=O)CN(CCc1c[nH]c2ccccc12)C(=O)CCCCc1ncc[nH]1)C(C)C. The Morgan fingerprint density at radius 2 is 1.55 bits per heavy atom. The van der Waals surface area contributed by atoms with E-state index in [2.05, 4.69) is 44.0 Å². The van der Waals surface area contributed by atoms with Crippen molar-refractivity contribution in [1.82, 2.24) is 39.9 Å². The lowest BCUT2D eigenvalue weighted by atomic mass is 10.0. The molecule has 0 bridgehead atoms. The summed E-state index contributed by atoms with van der Waals surface area (Å²) in [6.45, 7) is 6.45. The van der Waals surface area contributed by atoms with Gasteiger partial charge in [-0.2, -0.15) is 0 Å². The number of aliphatic hydroxyl groups excluding tert-OH is 1. The summed E-state index contributed by atoms with van der Waals surface area (Å²) in [6.07, 6.45) is 11.8. The van der Waals surface area contributed by atoms with Gasteiger partial charge in [0.2, 0.25) is 29.5 Å². The second kappa shape index (κ2) is 24.1. The van der Waals surface area contributed by atoms with Crippen molar-refractivity contribution < 1.29 is 29.1 Å². The molecule has 17 heteroatoms. The number of fused-ring (bicyclic) bond motifs is 2. The number of unbranched alkanes of at least 4 members (excludes halogenated alkanes) is 1. The number of allylic oxidation sites excluding steroid dienone is 1. The van der Waals surface area contributed by atoms with E-state index >= 15 is 0 Å². The van der Waals surface area contributed by atoms with Crippen molar-refractivity contribution in [1.29, 1.82) is 0 Å². The molecule has 0 saturated heterocycles. The zero-order chi connectivity index (χ0) is 46.0. The minimum atomic E-state index is -0.600. The van der Waals surface area contributed by atoms with Crippen molar-refractivity contribution in [3.05, 3.63) is 108 Å². The summed E-state index contributed by atoms with van der Waals surface area (Å²) in [7, 11) is 0. The standard InChI is InChI=1S/C47H63N11O6/c1-33(2)58(29-34(3)59)46(64)32-57(25-19-36-18-17-35-11-4-5-12-38(35)36)44(62)28-54-42(60)30-55(24-10-21-52-47(48)49)45(63)31-56(43(61)16-9-8-15-41-50-22-23-51-41)26-20-37-27-53-40-14-7-6-13-39(37)40/h4-7,11-14,18,22-23,27,33,53,59H,3,8-10,15-17,19-21,24-26,28-32H2,1-2H3,(H,50,51)(H,54,60)(H4,48,49,52). The summed E-state index contributed by atoms with van der Waals surface area (Å²) in [5.41, 5.74) is 16.4. The van der Waals surface area contributed by atoms with Crippen LogP contribution in [0, 0.1) is 0 Å². The quantitative estimate of drug-likeness (QED) is 0.0234. The van der Waals surface area contributed by atoms with Gasteiger partial charge in [0, 0.05) is 74.6 Å². The van der Waals surface area contributed by atoms with Crippen LogP contribution in [0.15, 0.2) is 90.5 Å². The Balaban J connectivity index is 1.26. The first-order chi connectivity index (χ1) is 30.8. The fourth-order valence-corrected chi connectivity index (χ4v) is 7.74. The Morgan fingerprint density at radius 3 is 2.30 bits per heavy atom. The Kier molecular flexibility index (Phi) is 18.1. The molecule has 0 spiro atoms. The maximum atomic E-state index is 14.1. The normalized spacial score (nSPS) is 11.8. The number of nitrogens with one attached hydrogen (secondary N) is 3. The molecular weight excluding hydrogens is 815 g/mol. The van der Waals surface area contributed by atoms with Gasteiger partial charge in [-0.15, -0.1) is 0 Å². The van der Waals surface area contributed by atoms with Crippen molar-refractivity contribution in [2.24, 2.45) is 16.5 Å². The smallest absolute Gasteiger partial charge is 0.242 e. The largest absolute Gasteiger partial charge is 0.511 e. The third-order valence-electron chi connectivity index (χ3n) is 11.2. The van der Waals surface area contributed by atoms with Gasteiger partial charge < -0.3 is 51.5 Å². The number of aliphatic imine (C=N–C) groups is 1. The number of aryl methyl sites for hydroxylation is 1. The number of aromatic nitrogens is 3. The first-order valence-corrected chi connectivity index (χ1v) is 21.9. The fourth-order valence-electron chi connectivity index (χ4n) is 7.74. The van der Waals surface area contributed by atoms with Crippen LogP contribution >= 0.6 is 0 Å². The van der Waals surface area contributed by atoms with E-state index in [0.29, 0.717) is 32.1 Å². The average molecular weight is 878 g/mol. The number of hydrogen-bond acceptors (Lipinski definition) is 8. The summed E-state index contributed by atoms with van der Waals surface area (Å²) in [5, 5.41) is 13.6. The Bertz CT molecular complexity index is 2280. The van der Waals surface area contributed by atoms with Gasteiger partial charge in [0.25, 0.3) is 0 Å². The number of rotatable bonds is 26. The number of hydrogen-bond donors (Lipinski definition) is 6. The highest BCUT2D eigenvalue weighted by Gasteiger charge is 2.27. The van der Waals surface area contributed by atoms with Crippen LogP contribution in [0.1, 0.15) is 68.5 Å². The van der Waals surface area contributed by atoms with E-state index in [1.807, 2.05) is 48.7 Å². The third kappa shape index (κ3) is 14.6. The van der Waals surface area contributed by atoms with Gasteiger partial charge in [0.05, 0.1) is 32.7 Å². The number of aliphatic hydroxyl groups is 1. The lowest BCUT2D eigenvalue weighted by Gasteiger charge is -2.30. The van der Waals surface area contributed by atoms with E-state index < -0.39 is 30.8 Å². The number of amides is 5. The van der Waals surface area contributed by atoms with E-state index in [-0.39, 0.29) is 81.8 Å². The van der Waals surface area contributed by atoms with Crippen LogP contribution in [0.2, 0.25) is 0 Å². The van der Waals surface area contributed by atoms with Crippen LogP contribution in [0.5, 0.6) is 0 Å². The number of nitrogens with two attached hydrogens (primary N) is 2. The molecule has 0 atom stereocenters. The Labute approximate surface area is 374 Å².